The van der Waals surface area contributed by atoms with E-state index in [1.807, 2.05) is 12.1 Å². The molecule has 1 fully saturated rings. The smallest absolute Gasteiger partial charge is 0.247 e. The zero-order valence-corrected chi connectivity index (χ0v) is 10.4. The summed E-state index contributed by atoms with van der Waals surface area (Å²) in [5, 5.41) is 7.55. The predicted molar refractivity (Wildman–Crippen MR) is 66.7 cm³/mol. The highest BCUT2D eigenvalue weighted by Gasteiger charge is 2.38. The molecule has 0 bridgehead atoms. The van der Waals surface area contributed by atoms with Crippen molar-refractivity contribution < 1.29 is 4.52 Å². The van der Waals surface area contributed by atoms with E-state index < -0.39 is 0 Å². The molecule has 5 nitrogen and oxygen atoms in total. The Kier molecular flexibility index (Phi) is 2.83. The molecule has 1 aliphatic rings. The maximum absolute atomic E-state index is 5.45. The zero-order valence-electron chi connectivity index (χ0n) is 10.4. The second kappa shape index (κ2) is 4.49. The van der Waals surface area contributed by atoms with Crippen LogP contribution in [-0.4, -0.2) is 21.7 Å². The van der Waals surface area contributed by atoms with Gasteiger partial charge in [0.15, 0.2) is 0 Å². The average Bonchev–Trinajstić information content (AvgIpc) is 3.09. The quantitative estimate of drug-likeness (QED) is 0.896. The van der Waals surface area contributed by atoms with Crippen molar-refractivity contribution in [1.29, 1.82) is 0 Å². The Morgan fingerprint density at radius 3 is 3.11 bits per heavy atom. The van der Waals surface area contributed by atoms with Crippen LogP contribution in [0.2, 0.25) is 0 Å². The van der Waals surface area contributed by atoms with E-state index in [1.165, 1.54) is 0 Å². The maximum Gasteiger partial charge on any atom is 0.247 e. The number of rotatable bonds is 3. The molecule has 5 heteroatoms. The van der Waals surface area contributed by atoms with Gasteiger partial charge in [-0.2, -0.15) is 4.98 Å². The van der Waals surface area contributed by atoms with Gasteiger partial charge in [0.25, 0.3) is 0 Å². The molecule has 0 spiro atoms. The molecule has 1 saturated heterocycles. The molecule has 0 aliphatic carbocycles. The highest BCUT2D eigenvalue weighted by Crippen LogP contribution is 2.33. The summed E-state index contributed by atoms with van der Waals surface area (Å²) in [5.41, 5.74) is 0.754. The molecule has 1 N–H and O–H groups in total. The second-order valence-electron chi connectivity index (χ2n) is 4.63. The Morgan fingerprint density at radius 1 is 1.50 bits per heavy atom. The molecule has 3 heterocycles. The van der Waals surface area contributed by atoms with Crippen molar-refractivity contribution in [3.05, 3.63) is 30.4 Å². The first-order valence-corrected chi connectivity index (χ1v) is 6.34. The highest BCUT2D eigenvalue weighted by atomic mass is 16.5. The fourth-order valence-electron chi connectivity index (χ4n) is 2.47. The van der Waals surface area contributed by atoms with E-state index in [2.05, 4.69) is 27.4 Å². The zero-order chi connectivity index (χ0) is 12.4. The van der Waals surface area contributed by atoms with E-state index in [4.69, 9.17) is 4.52 Å². The Morgan fingerprint density at radius 2 is 2.44 bits per heavy atom. The molecule has 2 aromatic heterocycles. The number of hydrogen-bond acceptors (Lipinski definition) is 5. The molecule has 3 rings (SSSR count). The Bertz CT molecular complexity index is 517. The average molecular weight is 244 g/mol. The maximum atomic E-state index is 5.45. The van der Waals surface area contributed by atoms with Crippen LogP contribution in [0.5, 0.6) is 0 Å². The first kappa shape index (κ1) is 11.3. The van der Waals surface area contributed by atoms with Crippen LogP contribution in [0.4, 0.5) is 0 Å². The monoisotopic (exact) mass is 244 g/mol. The molecular weight excluding hydrogens is 228 g/mol. The van der Waals surface area contributed by atoms with Crippen molar-refractivity contribution in [3.8, 4) is 11.4 Å². The normalized spacial score (nSPS) is 23.4. The van der Waals surface area contributed by atoms with Gasteiger partial charge in [0.2, 0.25) is 11.7 Å². The molecule has 1 aliphatic heterocycles. The number of aromatic nitrogens is 3. The van der Waals surface area contributed by atoms with Crippen LogP contribution in [0.1, 0.15) is 32.1 Å². The van der Waals surface area contributed by atoms with Gasteiger partial charge in [-0.1, -0.05) is 12.1 Å². The van der Waals surface area contributed by atoms with E-state index in [9.17, 15) is 0 Å². The van der Waals surface area contributed by atoms with Crippen LogP contribution in [0, 0.1) is 0 Å². The van der Waals surface area contributed by atoms with Crippen LogP contribution >= 0.6 is 0 Å². The lowest BCUT2D eigenvalue weighted by Gasteiger charge is -2.22. The number of nitrogens with one attached hydrogen (secondary N) is 1. The van der Waals surface area contributed by atoms with Crippen molar-refractivity contribution in [2.45, 2.75) is 31.7 Å². The topological polar surface area (TPSA) is 63.8 Å². The summed E-state index contributed by atoms with van der Waals surface area (Å²) in [6.07, 6.45) is 6.64. The van der Waals surface area contributed by atoms with Crippen LogP contribution in [0.3, 0.4) is 0 Å². The molecule has 0 aromatic carbocycles. The SMILES string of the molecule is CCC1(c2nc(-c3cccnc3)no2)CCCN1. The standard InChI is InChI=1S/C13H16N4O/c1-2-13(6-4-8-15-13)12-16-11(17-18-12)10-5-3-7-14-9-10/h3,5,7,9,15H,2,4,6,8H2,1H3. The molecule has 1 atom stereocenters. The van der Waals surface area contributed by atoms with E-state index >= 15 is 0 Å². The highest BCUT2D eigenvalue weighted by molar-refractivity contribution is 5.52. The Labute approximate surface area is 106 Å². The van der Waals surface area contributed by atoms with E-state index in [-0.39, 0.29) is 5.54 Å². The second-order valence-corrected chi connectivity index (χ2v) is 4.63. The first-order valence-electron chi connectivity index (χ1n) is 6.34. The predicted octanol–water partition coefficient (Wildman–Crippen LogP) is 2.12. The van der Waals surface area contributed by atoms with Crippen molar-refractivity contribution in [3.63, 3.8) is 0 Å². The third-order valence-electron chi connectivity index (χ3n) is 3.60. The summed E-state index contributed by atoms with van der Waals surface area (Å²) in [4.78, 5) is 8.59. The lowest BCUT2D eigenvalue weighted by Crippen LogP contribution is -2.36. The van der Waals surface area contributed by atoms with Crippen LogP contribution in [0.15, 0.2) is 29.0 Å². The van der Waals surface area contributed by atoms with Gasteiger partial charge in [0, 0.05) is 18.0 Å². The van der Waals surface area contributed by atoms with Gasteiger partial charge < -0.3 is 9.84 Å². The molecule has 2 aromatic rings. The number of pyridine rings is 1. The summed E-state index contributed by atoms with van der Waals surface area (Å²) in [7, 11) is 0. The van der Waals surface area contributed by atoms with Gasteiger partial charge in [-0.15, -0.1) is 0 Å². The minimum Gasteiger partial charge on any atom is -0.337 e. The molecule has 18 heavy (non-hydrogen) atoms. The van der Waals surface area contributed by atoms with Gasteiger partial charge in [0.05, 0.1) is 5.54 Å². The molecule has 94 valence electrons. The van der Waals surface area contributed by atoms with E-state index in [0.717, 1.165) is 31.4 Å². The van der Waals surface area contributed by atoms with Crippen LogP contribution < -0.4 is 5.32 Å². The Balaban J connectivity index is 1.94. The third-order valence-corrected chi connectivity index (χ3v) is 3.60. The van der Waals surface area contributed by atoms with Gasteiger partial charge in [0.1, 0.15) is 0 Å². The molecule has 0 amide bonds. The molecule has 1 unspecified atom stereocenters. The van der Waals surface area contributed by atoms with Gasteiger partial charge >= 0.3 is 0 Å². The van der Waals surface area contributed by atoms with Gasteiger partial charge in [-0.05, 0) is 37.9 Å². The largest absolute Gasteiger partial charge is 0.337 e. The number of hydrogen-bond donors (Lipinski definition) is 1. The first-order chi connectivity index (χ1) is 8.84. The van der Waals surface area contributed by atoms with Gasteiger partial charge in [-0.25, -0.2) is 0 Å². The minimum absolute atomic E-state index is 0.131. The number of nitrogens with zero attached hydrogens (tertiary/aromatic N) is 3. The van der Waals surface area contributed by atoms with Crippen molar-refractivity contribution in [1.82, 2.24) is 20.4 Å². The summed E-state index contributed by atoms with van der Waals surface area (Å²) >= 11 is 0. The summed E-state index contributed by atoms with van der Waals surface area (Å²) in [5.74, 6) is 1.31. The van der Waals surface area contributed by atoms with Gasteiger partial charge in [-0.3, -0.25) is 4.98 Å². The van der Waals surface area contributed by atoms with Crippen molar-refractivity contribution in [2.75, 3.05) is 6.54 Å². The summed E-state index contributed by atoms with van der Waals surface area (Å²) < 4.78 is 5.45. The van der Waals surface area contributed by atoms with Crippen molar-refractivity contribution in [2.24, 2.45) is 0 Å². The van der Waals surface area contributed by atoms with E-state index in [0.29, 0.717) is 11.7 Å². The fourth-order valence-corrected chi connectivity index (χ4v) is 2.47. The Hall–Kier alpha value is -1.75. The molecule has 0 saturated carbocycles. The fraction of sp³-hybridized carbons (Fsp3) is 0.462. The van der Waals surface area contributed by atoms with E-state index in [1.54, 1.807) is 12.4 Å². The minimum atomic E-state index is -0.131. The van der Waals surface area contributed by atoms with Crippen LogP contribution in [-0.2, 0) is 5.54 Å². The molecule has 0 radical (unpaired) electrons. The van der Waals surface area contributed by atoms with Crippen molar-refractivity contribution >= 4 is 0 Å². The summed E-state index contributed by atoms with van der Waals surface area (Å²) in [6, 6.07) is 3.80. The van der Waals surface area contributed by atoms with Crippen LogP contribution in [0.25, 0.3) is 11.4 Å². The summed E-state index contributed by atoms with van der Waals surface area (Å²) in [6.45, 7) is 3.16. The lowest BCUT2D eigenvalue weighted by atomic mass is 9.94. The lowest BCUT2D eigenvalue weighted by molar-refractivity contribution is 0.250. The molecular formula is C13H16N4O. The third kappa shape index (κ3) is 1.80.